The minimum Gasteiger partial charge on any atom is -0.316 e. The Hall–Kier alpha value is -0.900. The van der Waals surface area contributed by atoms with E-state index >= 15 is 0 Å². The Morgan fingerprint density at radius 2 is 2.16 bits per heavy atom. The van der Waals surface area contributed by atoms with Gasteiger partial charge in [-0.2, -0.15) is 0 Å². The van der Waals surface area contributed by atoms with E-state index in [4.69, 9.17) is 0 Å². The number of nitrogens with zero attached hydrogens (tertiary/aromatic N) is 3. The highest BCUT2D eigenvalue weighted by Crippen LogP contribution is 2.35. The molecule has 1 aromatic rings. The lowest BCUT2D eigenvalue weighted by Crippen LogP contribution is -2.45. The molecule has 0 aliphatic carbocycles. The van der Waals surface area contributed by atoms with Gasteiger partial charge in [0.2, 0.25) is 0 Å². The fourth-order valence-electron chi connectivity index (χ4n) is 3.84. The van der Waals surface area contributed by atoms with E-state index in [-0.39, 0.29) is 5.41 Å². The van der Waals surface area contributed by atoms with Gasteiger partial charge >= 0.3 is 0 Å². The Morgan fingerprint density at radius 1 is 1.21 bits per heavy atom. The average molecular weight is 262 g/mol. The summed E-state index contributed by atoms with van der Waals surface area (Å²) in [6.07, 6.45) is 10.0. The van der Waals surface area contributed by atoms with Crippen LogP contribution in [-0.2, 0) is 18.4 Å². The molecule has 0 radical (unpaired) electrons. The summed E-state index contributed by atoms with van der Waals surface area (Å²) in [5.41, 5.74) is 0.239. The maximum absolute atomic E-state index is 4.63. The van der Waals surface area contributed by atoms with Crippen LogP contribution in [0.15, 0.2) is 0 Å². The standard InChI is InChI=1S/C15H26N4/c1-2-8-15(9-6-10-16-12-15)14-18-17-13-7-4-3-5-11-19(13)14/h16H,2-12H2,1H3. The van der Waals surface area contributed by atoms with Crippen LogP contribution in [0.5, 0.6) is 0 Å². The van der Waals surface area contributed by atoms with Crippen molar-refractivity contribution in [3.63, 3.8) is 0 Å². The third kappa shape index (κ3) is 2.42. The first kappa shape index (κ1) is 13.1. The van der Waals surface area contributed by atoms with Crippen molar-refractivity contribution in [3.8, 4) is 0 Å². The van der Waals surface area contributed by atoms with Gasteiger partial charge in [-0.1, -0.05) is 19.8 Å². The smallest absolute Gasteiger partial charge is 0.140 e. The van der Waals surface area contributed by atoms with Gasteiger partial charge in [0, 0.05) is 24.9 Å². The van der Waals surface area contributed by atoms with Crippen molar-refractivity contribution in [1.29, 1.82) is 0 Å². The molecule has 0 aromatic carbocycles. The van der Waals surface area contributed by atoms with Gasteiger partial charge in [0.1, 0.15) is 11.6 Å². The number of fused-ring (bicyclic) bond motifs is 1. The van der Waals surface area contributed by atoms with Gasteiger partial charge in [-0.05, 0) is 38.6 Å². The lowest BCUT2D eigenvalue weighted by molar-refractivity contribution is 0.265. The molecule has 3 heterocycles. The van der Waals surface area contributed by atoms with Gasteiger partial charge < -0.3 is 9.88 Å². The first-order valence-corrected chi connectivity index (χ1v) is 7.99. The van der Waals surface area contributed by atoms with Crippen LogP contribution in [0, 0.1) is 0 Å². The third-order valence-electron chi connectivity index (χ3n) is 4.78. The molecule has 1 saturated heterocycles. The van der Waals surface area contributed by atoms with E-state index in [1.54, 1.807) is 0 Å². The highest BCUT2D eigenvalue weighted by molar-refractivity contribution is 5.14. The van der Waals surface area contributed by atoms with E-state index in [1.165, 1.54) is 56.6 Å². The number of piperidine rings is 1. The molecular formula is C15H26N4. The zero-order chi connectivity index (χ0) is 13.1. The number of aryl methyl sites for hydroxylation is 1. The second kappa shape index (κ2) is 5.61. The Bertz CT molecular complexity index is 412. The van der Waals surface area contributed by atoms with E-state index < -0.39 is 0 Å². The van der Waals surface area contributed by atoms with Gasteiger partial charge in [-0.3, -0.25) is 0 Å². The van der Waals surface area contributed by atoms with E-state index in [2.05, 4.69) is 27.0 Å². The molecule has 106 valence electrons. The molecule has 2 aliphatic rings. The minimum absolute atomic E-state index is 0.239. The van der Waals surface area contributed by atoms with Gasteiger partial charge in [-0.15, -0.1) is 10.2 Å². The summed E-state index contributed by atoms with van der Waals surface area (Å²) in [5.74, 6) is 2.51. The second-order valence-electron chi connectivity index (χ2n) is 6.21. The predicted octanol–water partition coefficient (Wildman–Crippen LogP) is 2.43. The van der Waals surface area contributed by atoms with Crippen LogP contribution in [-0.4, -0.2) is 27.9 Å². The summed E-state index contributed by atoms with van der Waals surface area (Å²) in [6.45, 7) is 5.66. The molecule has 0 saturated carbocycles. The van der Waals surface area contributed by atoms with Crippen LogP contribution in [0.3, 0.4) is 0 Å². The molecule has 1 unspecified atom stereocenters. The molecular weight excluding hydrogens is 236 g/mol. The van der Waals surface area contributed by atoms with E-state index in [0.29, 0.717) is 0 Å². The lowest BCUT2D eigenvalue weighted by Gasteiger charge is -2.37. The SMILES string of the molecule is CCCC1(c2nnc3n2CCCCC3)CCCNC1. The molecule has 4 nitrogen and oxygen atoms in total. The molecule has 4 heteroatoms. The summed E-state index contributed by atoms with van der Waals surface area (Å²) < 4.78 is 2.45. The van der Waals surface area contributed by atoms with Crippen molar-refractivity contribution in [1.82, 2.24) is 20.1 Å². The molecule has 3 rings (SSSR count). The summed E-state index contributed by atoms with van der Waals surface area (Å²) in [5, 5.41) is 12.7. The summed E-state index contributed by atoms with van der Waals surface area (Å²) in [7, 11) is 0. The van der Waals surface area contributed by atoms with Gasteiger partial charge in [0.15, 0.2) is 0 Å². The molecule has 1 atom stereocenters. The van der Waals surface area contributed by atoms with Crippen molar-refractivity contribution in [2.24, 2.45) is 0 Å². The zero-order valence-electron chi connectivity index (χ0n) is 12.1. The molecule has 0 amide bonds. The number of rotatable bonds is 3. The van der Waals surface area contributed by atoms with Crippen molar-refractivity contribution in [2.75, 3.05) is 13.1 Å². The number of hydrogen-bond donors (Lipinski definition) is 1. The fraction of sp³-hybridized carbons (Fsp3) is 0.867. The molecule has 2 aliphatic heterocycles. The van der Waals surface area contributed by atoms with E-state index in [1.807, 2.05) is 0 Å². The third-order valence-corrected chi connectivity index (χ3v) is 4.78. The Morgan fingerprint density at radius 3 is 2.95 bits per heavy atom. The molecule has 1 N–H and O–H groups in total. The summed E-state index contributed by atoms with van der Waals surface area (Å²) in [4.78, 5) is 0. The second-order valence-corrected chi connectivity index (χ2v) is 6.21. The van der Waals surface area contributed by atoms with Crippen molar-refractivity contribution < 1.29 is 0 Å². The fourth-order valence-corrected chi connectivity index (χ4v) is 3.84. The summed E-state index contributed by atoms with van der Waals surface area (Å²) >= 11 is 0. The number of hydrogen-bond acceptors (Lipinski definition) is 3. The maximum Gasteiger partial charge on any atom is 0.140 e. The quantitative estimate of drug-likeness (QED) is 0.909. The number of aromatic nitrogens is 3. The lowest BCUT2D eigenvalue weighted by atomic mass is 9.76. The largest absolute Gasteiger partial charge is 0.316 e. The van der Waals surface area contributed by atoms with Crippen LogP contribution in [0.1, 0.15) is 63.5 Å². The van der Waals surface area contributed by atoms with Crippen LogP contribution < -0.4 is 5.32 Å². The zero-order valence-corrected chi connectivity index (χ0v) is 12.1. The van der Waals surface area contributed by atoms with Gasteiger partial charge in [0.25, 0.3) is 0 Å². The van der Waals surface area contributed by atoms with Gasteiger partial charge in [0.05, 0.1) is 0 Å². The highest BCUT2D eigenvalue weighted by Gasteiger charge is 2.38. The Labute approximate surface area is 116 Å². The molecule has 19 heavy (non-hydrogen) atoms. The van der Waals surface area contributed by atoms with Crippen LogP contribution >= 0.6 is 0 Å². The highest BCUT2D eigenvalue weighted by atomic mass is 15.3. The van der Waals surface area contributed by atoms with Crippen molar-refractivity contribution in [2.45, 2.75) is 70.3 Å². The number of nitrogens with one attached hydrogen (secondary N) is 1. The summed E-state index contributed by atoms with van der Waals surface area (Å²) in [6, 6.07) is 0. The molecule has 0 bridgehead atoms. The Kier molecular flexibility index (Phi) is 3.87. The molecule has 0 spiro atoms. The van der Waals surface area contributed by atoms with Crippen LogP contribution in [0.2, 0.25) is 0 Å². The first-order valence-electron chi connectivity index (χ1n) is 7.99. The average Bonchev–Trinajstić information content (AvgIpc) is 2.70. The van der Waals surface area contributed by atoms with Crippen molar-refractivity contribution >= 4 is 0 Å². The van der Waals surface area contributed by atoms with Crippen molar-refractivity contribution in [3.05, 3.63) is 11.6 Å². The normalized spacial score (nSPS) is 27.8. The van der Waals surface area contributed by atoms with Crippen LogP contribution in [0.25, 0.3) is 0 Å². The molecule has 1 fully saturated rings. The Balaban J connectivity index is 1.96. The predicted molar refractivity (Wildman–Crippen MR) is 76.3 cm³/mol. The molecule has 1 aromatic heterocycles. The topological polar surface area (TPSA) is 42.7 Å². The monoisotopic (exact) mass is 262 g/mol. The first-order chi connectivity index (χ1) is 9.36. The van der Waals surface area contributed by atoms with E-state index in [9.17, 15) is 0 Å². The maximum atomic E-state index is 4.63. The van der Waals surface area contributed by atoms with E-state index in [0.717, 1.165) is 26.1 Å². The van der Waals surface area contributed by atoms with Gasteiger partial charge in [-0.25, -0.2) is 0 Å². The minimum atomic E-state index is 0.239. The van der Waals surface area contributed by atoms with Crippen LogP contribution in [0.4, 0.5) is 0 Å².